The lowest BCUT2D eigenvalue weighted by Crippen LogP contribution is -2.41. The molecular weight excluding hydrogens is 186 g/mol. The van der Waals surface area contributed by atoms with Crippen molar-refractivity contribution < 1.29 is 19.4 Å². The number of carboxylic acids is 1. The van der Waals surface area contributed by atoms with Gasteiger partial charge in [0.15, 0.2) is 0 Å². The van der Waals surface area contributed by atoms with E-state index in [1.807, 2.05) is 0 Å². The fourth-order valence-electron chi connectivity index (χ4n) is 2.18. The Balaban J connectivity index is 1.81. The molecule has 0 aromatic rings. The van der Waals surface area contributed by atoms with Crippen molar-refractivity contribution in [1.82, 2.24) is 5.32 Å². The van der Waals surface area contributed by atoms with Crippen LogP contribution in [-0.4, -0.2) is 35.2 Å². The largest absolute Gasteiger partial charge is 0.481 e. The number of carboxylic acid groups (broad SMARTS) is 1. The first kappa shape index (κ1) is 9.45. The average molecular weight is 199 g/mol. The van der Waals surface area contributed by atoms with E-state index in [1.54, 1.807) is 0 Å². The summed E-state index contributed by atoms with van der Waals surface area (Å²) < 4.78 is 5.53. The van der Waals surface area contributed by atoms with Gasteiger partial charge in [0.25, 0.3) is 0 Å². The average Bonchev–Trinajstić information content (AvgIpc) is 2.62. The third-order valence-electron chi connectivity index (χ3n) is 2.76. The molecule has 0 spiro atoms. The topological polar surface area (TPSA) is 75.6 Å². The van der Waals surface area contributed by atoms with Crippen LogP contribution in [0.3, 0.4) is 0 Å². The molecule has 2 aliphatic heterocycles. The highest BCUT2D eigenvalue weighted by Crippen LogP contribution is 2.34. The van der Waals surface area contributed by atoms with Gasteiger partial charge in [0.05, 0.1) is 18.2 Å². The summed E-state index contributed by atoms with van der Waals surface area (Å²) in [6.45, 7) is 0. The Morgan fingerprint density at radius 3 is 2.71 bits per heavy atom. The van der Waals surface area contributed by atoms with Crippen molar-refractivity contribution >= 4 is 11.9 Å². The van der Waals surface area contributed by atoms with Gasteiger partial charge in [0.1, 0.15) is 6.42 Å². The van der Waals surface area contributed by atoms with E-state index in [2.05, 4.69) is 5.32 Å². The fourth-order valence-corrected chi connectivity index (χ4v) is 2.18. The minimum absolute atomic E-state index is 0.0283. The van der Waals surface area contributed by atoms with Crippen molar-refractivity contribution in [1.29, 1.82) is 0 Å². The number of amides is 1. The normalized spacial score (nSPS) is 34.4. The summed E-state index contributed by atoms with van der Waals surface area (Å²) in [5.41, 5.74) is 0. The second-order valence-corrected chi connectivity index (χ2v) is 3.85. The Kier molecular flexibility index (Phi) is 2.41. The molecule has 0 radical (unpaired) electrons. The van der Waals surface area contributed by atoms with Crippen LogP contribution >= 0.6 is 0 Å². The molecule has 0 aliphatic carbocycles. The number of fused-ring (bicyclic) bond motifs is 2. The number of carbonyl (C=O) groups excluding carboxylic acids is 1. The van der Waals surface area contributed by atoms with E-state index in [0.29, 0.717) is 0 Å². The third kappa shape index (κ3) is 1.87. The van der Waals surface area contributed by atoms with Crippen molar-refractivity contribution in [2.45, 2.75) is 43.9 Å². The van der Waals surface area contributed by atoms with Gasteiger partial charge in [-0.1, -0.05) is 0 Å². The molecule has 2 fully saturated rings. The zero-order valence-electron chi connectivity index (χ0n) is 7.73. The van der Waals surface area contributed by atoms with Gasteiger partial charge in [-0.3, -0.25) is 9.59 Å². The van der Waals surface area contributed by atoms with Gasteiger partial charge in [-0.05, 0) is 19.3 Å². The number of carbonyl (C=O) groups is 2. The molecule has 5 heteroatoms. The predicted octanol–water partition coefficient (Wildman–Crippen LogP) is -0.103. The number of ether oxygens (including phenoxy) is 1. The summed E-state index contributed by atoms with van der Waals surface area (Å²) in [7, 11) is 0. The van der Waals surface area contributed by atoms with Crippen LogP contribution in [0.4, 0.5) is 0 Å². The Hall–Kier alpha value is -1.10. The van der Waals surface area contributed by atoms with Crippen molar-refractivity contribution in [3.63, 3.8) is 0 Å². The van der Waals surface area contributed by atoms with Gasteiger partial charge in [0.2, 0.25) is 5.91 Å². The van der Waals surface area contributed by atoms with Gasteiger partial charge in [-0.15, -0.1) is 0 Å². The maximum Gasteiger partial charge on any atom is 0.312 e. The molecule has 0 aromatic carbocycles. The Labute approximate surface area is 81.4 Å². The predicted molar refractivity (Wildman–Crippen MR) is 46.7 cm³/mol. The minimum atomic E-state index is -1.09. The maximum atomic E-state index is 11.1. The lowest BCUT2D eigenvalue weighted by Gasteiger charge is -2.19. The molecule has 78 valence electrons. The number of nitrogens with one attached hydrogen (secondary N) is 1. The number of hydrogen-bond acceptors (Lipinski definition) is 3. The quantitative estimate of drug-likeness (QED) is 0.622. The van der Waals surface area contributed by atoms with Crippen LogP contribution in [0, 0.1) is 0 Å². The SMILES string of the molecule is O=C(O)CC(=O)NC1CC2CCC1O2. The van der Waals surface area contributed by atoms with E-state index in [4.69, 9.17) is 9.84 Å². The molecule has 2 saturated heterocycles. The highest BCUT2D eigenvalue weighted by atomic mass is 16.5. The van der Waals surface area contributed by atoms with Crippen LogP contribution in [0.15, 0.2) is 0 Å². The molecular formula is C9H13NO4. The Morgan fingerprint density at radius 2 is 2.21 bits per heavy atom. The van der Waals surface area contributed by atoms with Crippen molar-refractivity contribution in [3.05, 3.63) is 0 Å². The number of hydrogen-bond donors (Lipinski definition) is 2. The van der Waals surface area contributed by atoms with Gasteiger partial charge in [-0.25, -0.2) is 0 Å². The summed E-state index contributed by atoms with van der Waals surface area (Å²) in [6, 6.07) is 0.0283. The summed E-state index contributed by atoms with van der Waals surface area (Å²) >= 11 is 0. The Bertz CT molecular complexity index is 266. The lowest BCUT2D eigenvalue weighted by atomic mass is 9.95. The van der Waals surface area contributed by atoms with E-state index in [9.17, 15) is 9.59 Å². The monoisotopic (exact) mass is 199 g/mol. The zero-order valence-corrected chi connectivity index (χ0v) is 7.73. The summed E-state index contributed by atoms with van der Waals surface area (Å²) in [4.78, 5) is 21.4. The lowest BCUT2D eigenvalue weighted by molar-refractivity contribution is -0.141. The molecule has 3 atom stereocenters. The molecule has 0 saturated carbocycles. The first-order valence-electron chi connectivity index (χ1n) is 4.82. The number of rotatable bonds is 3. The van der Waals surface area contributed by atoms with Gasteiger partial charge in [-0.2, -0.15) is 0 Å². The van der Waals surface area contributed by atoms with Gasteiger partial charge < -0.3 is 15.2 Å². The third-order valence-corrected chi connectivity index (χ3v) is 2.76. The van der Waals surface area contributed by atoms with E-state index < -0.39 is 18.3 Å². The molecule has 14 heavy (non-hydrogen) atoms. The highest BCUT2D eigenvalue weighted by molar-refractivity contribution is 5.93. The highest BCUT2D eigenvalue weighted by Gasteiger charge is 2.41. The molecule has 2 N–H and O–H groups in total. The molecule has 2 bridgehead atoms. The molecule has 5 nitrogen and oxygen atoms in total. The molecule has 0 aromatic heterocycles. The summed E-state index contributed by atoms with van der Waals surface area (Å²) in [5.74, 6) is -1.51. The fraction of sp³-hybridized carbons (Fsp3) is 0.778. The van der Waals surface area contributed by atoms with E-state index in [-0.39, 0.29) is 18.2 Å². The van der Waals surface area contributed by atoms with Gasteiger partial charge >= 0.3 is 5.97 Å². The summed E-state index contributed by atoms with van der Waals surface area (Å²) in [6.07, 6.45) is 2.80. The van der Waals surface area contributed by atoms with Crippen molar-refractivity contribution in [2.24, 2.45) is 0 Å². The first-order valence-corrected chi connectivity index (χ1v) is 4.82. The molecule has 2 aliphatic rings. The van der Waals surface area contributed by atoms with Crippen LogP contribution in [-0.2, 0) is 14.3 Å². The van der Waals surface area contributed by atoms with Crippen LogP contribution < -0.4 is 5.32 Å². The maximum absolute atomic E-state index is 11.1. The van der Waals surface area contributed by atoms with Crippen LogP contribution in [0.1, 0.15) is 25.7 Å². The molecule has 1 amide bonds. The second kappa shape index (κ2) is 3.57. The van der Waals surface area contributed by atoms with E-state index >= 15 is 0 Å². The van der Waals surface area contributed by atoms with Gasteiger partial charge in [0, 0.05) is 0 Å². The molecule has 3 unspecified atom stereocenters. The van der Waals surface area contributed by atoms with E-state index in [1.165, 1.54) is 0 Å². The van der Waals surface area contributed by atoms with Crippen LogP contribution in [0.2, 0.25) is 0 Å². The van der Waals surface area contributed by atoms with Crippen molar-refractivity contribution in [2.75, 3.05) is 0 Å². The standard InChI is InChI=1S/C9H13NO4/c11-8(4-9(12)13)10-6-3-5-1-2-7(6)14-5/h5-7H,1-4H2,(H,10,11)(H,12,13). The summed E-state index contributed by atoms with van der Waals surface area (Å²) in [5, 5.41) is 11.1. The molecule has 2 rings (SSSR count). The molecule has 2 heterocycles. The van der Waals surface area contributed by atoms with E-state index in [0.717, 1.165) is 19.3 Å². The van der Waals surface area contributed by atoms with Crippen LogP contribution in [0.5, 0.6) is 0 Å². The Morgan fingerprint density at radius 1 is 1.43 bits per heavy atom. The zero-order chi connectivity index (χ0) is 10.1. The second-order valence-electron chi connectivity index (χ2n) is 3.85. The minimum Gasteiger partial charge on any atom is -0.481 e. The first-order chi connectivity index (χ1) is 6.65. The smallest absolute Gasteiger partial charge is 0.312 e. The van der Waals surface area contributed by atoms with Crippen molar-refractivity contribution in [3.8, 4) is 0 Å². The van der Waals surface area contributed by atoms with Crippen LogP contribution in [0.25, 0.3) is 0 Å². The number of aliphatic carboxylic acids is 1.